The van der Waals surface area contributed by atoms with Gasteiger partial charge in [0.15, 0.2) is 5.70 Å². The number of fused-ring (bicyclic) bond motifs is 6. The first kappa shape index (κ1) is 45.1. The Morgan fingerprint density at radius 3 is 2.71 bits per heavy atom. The molecule has 0 unspecified atom stereocenters. The summed E-state index contributed by atoms with van der Waals surface area (Å²) in [5.74, 6) is 3.20. The number of nitrogens with one attached hydrogen (secondary N) is 3. The summed E-state index contributed by atoms with van der Waals surface area (Å²) >= 11 is 1.38. The average molecular weight is 879 g/mol. The summed E-state index contributed by atoms with van der Waals surface area (Å²) in [5.41, 5.74) is 9.35. The minimum atomic E-state index is -1.13. The number of nitrogens with zero attached hydrogens (tertiary/aromatic N) is 6. The average Bonchev–Trinajstić information content (AvgIpc) is 4.04. The minimum Gasteiger partial charge on any atom is -0.464 e. The van der Waals surface area contributed by atoms with Gasteiger partial charge in [-0.2, -0.15) is 0 Å². The molecular formula is C46H56N9O7S+. The molecule has 0 aliphatic carbocycles. The third-order valence-corrected chi connectivity index (χ3v) is 12.8. The maximum absolute atomic E-state index is 14.5. The summed E-state index contributed by atoms with van der Waals surface area (Å²) in [7, 11) is 3.16. The molecule has 0 spiro atoms. The lowest BCUT2D eigenvalue weighted by molar-refractivity contribution is -0.716. The van der Waals surface area contributed by atoms with Gasteiger partial charge in [-0.3, -0.25) is 29.2 Å². The fourth-order valence-corrected chi connectivity index (χ4v) is 9.41. The number of hydrazine groups is 2. The van der Waals surface area contributed by atoms with Crippen molar-refractivity contribution in [1.82, 2.24) is 40.6 Å². The predicted octanol–water partition coefficient (Wildman–Crippen LogP) is 5.25. The van der Waals surface area contributed by atoms with E-state index in [-0.39, 0.29) is 37.3 Å². The van der Waals surface area contributed by atoms with Crippen LogP contribution in [0.2, 0.25) is 0 Å². The zero-order valence-electron chi connectivity index (χ0n) is 37.2. The first-order valence-electron chi connectivity index (χ1n) is 21.3. The van der Waals surface area contributed by atoms with Gasteiger partial charge in [-0.1, -0.05) is 25.8 Å². The number of aromatic nitrogens is 3. The van der Waals surface area contributed by atoms with E-state index in [0.29, 0.717) is 59.9 Å². The number of cyclic esters (lactones) is 1. The van der Waals surface area contributed by atoms with Gasteiger partial charge in [0.1, 0.15) is 17.0 Å². The van der Waals surface area contributed by atoms with Crippen LogP contribution in [-0.4, -0.2) is 117 Å². The van der Waals surface area contributed by atoms with Gasteiger partial charge in [0.2, 0.25) is 0 Å². The SMILES string of the molecule is CC#CC(=O)N1CC[C@H]([N+](=O)N(C)C(C(=O)N[C@H]2Cc3nc(cs3)-c3ccc4[nH]c(-c5cccnc5[C@H](C)OC)c(c4c3)CC(C)(C)COC(=O)[C@@H]3CCCN(N3)C2=O)=C(C)C)C1. The highest BCUT2D eigenvalue weighted by molar-refractivity contribution is 7.10. The molecule has 7 rings (SSSR count). The number of hydrogen-bond donors (Lipinski definition) is 3. The highest BCUT2D eigenvalue weighted by Crippen LogP contribution is 2.40. The Labute approximate surface area is 371 Å². The van der Waals surface area contributed by atoms with Crippen LogP contribution < -0.4 is 10.7 Å². The second-order valence-corrected chi connectivity index (χ2v) is 18.4. The zero-order chi connectivity index (χ0) is 45.2. The van der Waals surface area contributed by atoms with Crippen LogP contribution in [0.4, 0.5) is 0 Å². The number of carbonyl (C=O) groups excluding carboxylic acids is 4. The molecule has 17 heteroatoms. The van der Waals surface area contributed by atoms with Crippen molar-refractivity contribution >= 4 is 45.9 Å². The Balaban J connectivity index is 1.24. The molecule has 6 bridgehead atoms. The van der Waals surface area contributed by atoms with E-state index in [1.165, 1.54) is 33.3 Å². The summed E-state index contributed by atoms with van der Waals surface area (Å²) in [5, 5.41) is 9.09. The lowest BCUT2D eigenvalue weighted by Crippen LogP contribution is -2.61. The van der Waals surface area contributed by atoms with Crippen LogP contribution in [0.3, 0.4) is 0 Å². The van der Waals surface area contributed by atoms with Gasteiger partial charge in [0, 0.05) is 72.1 Å². The zero-order valence-corrected chi connectivity index (χ0v) is 38.0. The van der Waals surface area contributed by atoms with Gasteiger partial charge < -0.3 is 24.7 Å². The Kier molecular flexibility index (Phi) is 13.4. The summed E-state index contributed by atoms with van der Waals surface area (Å²) in [6.45, 7) is 12.0. The molecule has 6 heterocycles. The number of likely N-dealkylation sites (N-methyl/N-ethyl adjacent to an activating group) is 1. The highest BCUT2D eigenvalue weighted by atomic mass is 32.1. The fraction of sp³-hybridized carbons (Fsp3) is 0.478. The highest BCUT2D eigenvalue weighted by Gasteiger charge is 2.42. The van der Waals surface area contributed by atoms with Crippen molar-refractivity contribution in [3.05, 3.63) is 74.4 Å². The van der Waals surface area contributed by atoms with E-state index in [2.05, 4.69) is 47.5 Å². The quantitative estimate of drug-likeness (QED) is 0.0692. The second-order valence-electron chi connectivity index (χ2n) is 17.4. The minimum absolute atomic E-state index is 0.0407. The topological polar surface area (TPSA) is 182 Å². The molecule has 3 amide bonds. The van der Waals surface area contributed by atoms with Crippen molar-refractivity contribution in [2.45, 2.75) is 97.9 Å². The lowest BCUT2D eigenvalue weighted by Gasteiger charge is -2.35. The molecule has 2 fully saturated rings. The molecule has 3 aromatic heterocycles. The van der Waals surface area contributed by atoms with Gasteiger partial charge in [-0.15, -0.1) is 16.3 Å². The number of carbonyl (C=O) groups is 4. The number of benzene rings is 1. The molecule has 0 radical (unpaired) electrons. The number of esters is 1. The predicted molar refractivity (Wildman–Crippen MR) is 238 cm³/mol. The normalized spacial score (nSPS) is 20.5. The Morgan fingerprint density at radius 2 is 1.97 bits per heavy atom. The fourth-order valence-electron chi connectivity index (χ4n) is 8.56. The molecule has 16 nitrogen and oxygen atoms in total. The number of methoxy groups -OCH3 is 1. The number of rotatable bonds is 8. The van der Waals surface area contributed by atoms with Crippen molar-refractivity contribution in [1.29, 1.82) is 0 Å². The van der Waals surface area contributed by atoms with Crippen LogP contribution >= 0.6 is 11.3 Å². The first-order valence-corrected chi connectivity index (χ1v) is 22.2. The van der Waals surface area contributed by atoms with Crippen molar-refractivity contribution in [3.8, 4) is 34.4 Å². The number of H-pyrrole nitrogens is 1. The van der Waals surface area contributed by atoms with Gasteiger partial charge in [0.25, 0.3) is 23.8 Å². The molecule has 332 valence electrons. The van der Waals surface area contributed by atoms with Crippen LogP contribution in [-0.2, 0) is 41.5 Å². The lowest BCUT2D eigenvalue weighted by atomic mass is 9.84. The van der Waals surface area contributed by atoms with Gasteiger partial charge in [0.05, 0.1) is 53.3 Å². The standard InChI is InChI=1S/C46H55N9O7S/c1-9-12-39(56)53-20-17-30(24-53)55(60)52(7)42(27(2)3)43(57)50-36-22-38-48-37(25-63-38)29-15-16-34-32(21-29)33(41(49-34)31-13-10-18-47-40(31)28(4)61-8)23-46(5,6)26-62-45(59)35-14-11-19-54(51-35)44(36)58/h10,13,15-16,18,21,25,28,30,35-36,49,51H,11,14,17,19-20,22-24,26H2,1-8H3/p+1/t28-,30-,35-,36-/m0/s1. The van der Waals surface area contributed by atoms with Crippen molar-refractivity contribution in [2.24, 2.45) is 5.41 Å². The summed E-state index contributed by atoms with van der Waals surface area (Å²) in [4.78, 5) is 84.4. The molecular weight excluding hydrogens is 823 g/mol. The number of thiazole rings is 1. The van der Waals surface area contributed by atoms with Gasteiger partial charge in [-0.25, -0.2) is 10.4 Å². The molecule has 4 aromatic rings. The number of hydrogen-bond acceptors (Lipinski definition) is 11. The monoisotopic (exact) mass is 878 g/mol. The van der Waals surface area contributed by atoms with Crippen LogP contribution in [0, 0.1) is 22.2 Å². The van der Waals surface area contributed by atoms with E-state index in [1.807, 2.05) is 36.6 Å². The molecule has 0 saturated carbocycles. The molecule has 3 N–H and O–H groups in total. The number of amides is 3. The van der Waals surface area contributed by atoms with E-state index >= 15 is 0 Å². The summed E-state index contributed by atoms with van der Waals surface area (Å²) < 4.78 is 11.8. The smallest absolute Gasteiger partial charge is 0.324 e. The largest absolute Gasteiger partial charge is 0.464 e. The van der Waals surface area contributed by atoms with Gasteiger partial charge in [-0.05, 0) is 88.3 Å². The summed E-state index contributed by atoms with van der Waals surface area (Å²) in [6, 6.07) is 7.56. The molecule has 2 saturated heterocycles. The Morgan fingerprint density at radius 1 is 1.17 bits per heavy atom. The maximum atomic E-state index is 14.5. The Hall–Kier alpha value is -5.96. The van der Waals surface area contributed by atoms with Crippen molar-refractivity contribution in [2.75, 3.05) is 40.4 Å². The van der Waals surface area contributed by atoms with Crippen LogP contribution in [0.1, 0.15) is 83.2 Å². The number of allylic oxidation sites excluding steroid dienone is 1. The first-order chi connectivity index (χ1) is 30.1. The third kappa shape index (κ3) is 9.68. The number of aromatic amines is 1. The van der Waals surface area contributed by atoms with E-state index in [0.717, 1.165) is 39.0 Å². The third-order valence-electron chi connectivity index (χ3n) is 11.9. The van der Waals surface area contributed by atoms with Crippen LogP contribution in [0.5, 0.6) is 0 Å². The molecule has 3 aliphatic heterocycles. The van der Waals surface area contributed by atoms with Gasteiger partial charge >= 0.3 is 5.97 Å². The maximum Gasteiger partial charge on any atom is 0.324 e. The molecule has 1 aromatic carbocycles. The van der Waals surface area contributed by atoms with Crippen molar-refractivity contribution in [3.63, 3.8) is 0 Å². The number of nitroso groups, excluding NO2 is 1. The molecule has 4 atom stereocenters. The van der Waals surface area contributed by atoms with E-state index in [1.54, 1.807) is 34.1 Å². The summed E-state index contributed by atoms with van der Waals surface area (Å²) in [6.07, 6.45) is 3.47. The number of ether oxygens (including phenoxy) is 2. The van der Waals surface area contributed by atoms with Crippen molar-refractivity contribution < 1.29 is 33.5 Å². The Bertz CT molecular complexity index is 2530. The van der Waals surface area contributed by atoms with Crippen LogP contribution in [0.25, 0.3) is 33.4 Å². The van der Waals surface area contributed by atoms with Crippen LogP contribution in [0.15, 0.2) is 53.2 Å². The van der Waals surface area contributed by atoms with E-state index in [9.17, 15) is 24.1 Å². The molecule has 3 aliphatic rings. The number of likely N-dealkylation sites (tertiary alicyclic amines) is 1. The van der Waals surface area contributed by atoms with E-state index in [4.69, 9.17) is 19.4 Å². The number of pyridine rings is 1. The second kappa shape index (κ2) is 18.8. The molecule has 63 heavy (non-hydrogen) atoms. The van der Waals surface area contributed by atoms with E-state index < -0.39 is 41.3 Å².